The number of hydrogen-bond donors (Lipinski definition) is 1. The Morgan fingerprint density at radius 3 is 2.60 bits per heavy atom. The van der Waals surface area contributed by atoms with Crippen LogP contribution in [-0.2, 0) is 19.8 Å². The molecule has 1 saturated heterocycles. The number of nitrogens with one attached hydrogen (secondary N) is 1. The number of imide groups is 1. The molecule has 0 saturated carbocycles. The van der Waals surface area contributed by atoms with Crippen molar-refractivity contribution < 1.29 is 19.1 Å². The summed E-state index contributed by atoms with van der Waals surface area (Å²) >= 11 is 0. The van der Waals surface area contributed by atoms with Gasteiger partial charge in [-0.1, -0.05) is 0 Å². The summed E-state index contributed by atoms with van der Waals surface area (Å²) < 4.78 is 5.19. The van der Waals surface area contributed by atoms with Crippen LogP contribution in [0, 0.1) is 0 Å². The van der Waals surface area contributed by atoms with Crippen molar-refractivity contribution in [3.8, 4) is 5.75 Å². The molecular formula is C14H14N2O4. The molecule has 0 radical (unpaired) electrons. The summed E-state index contributed by atoms with van der Waals surface area (Å²) in [6.45, 7) is 0. The van der Waals surface area contributed by atoms with E-state index in [2.05, 4.69) is 5.32 Å². The minimum atomic E-state index is -1.09. The zero-order valence-electron chi connectivity index (χ0n) is 11.2. The smallest absolute Gasteiger partial charge is 0.238 e. The van der Waals surface area contributed by atoms with Crippen LogP contribution in [0.4, 0.5) is 5.69 Å². The third-order valence-corrected chi connectivity index (χ3v) is 4.06. The van der Waals surface area contributed by atoms with E-state index in [0.717, 1.165) is 0 Å². The lowest BCUT2D eigenvalue weighted by molar-refractivity contribution is -0.130. The quantitative estimate of drug-likeness (QED) is 0.750. The molecule has 6 nitrogen and oxygen atoms in total. The Bertz CT molecular complexity index is 640. The largest absolute Gasteiger partial charge is 0.497 e. The molecule has 1 spiro atoms. The molecule has 0 aliphatic carbocycles. The van der Waals surface area contributed by atoms with E-state index < -0.39 is 11.3 Å². The van der Waals surface area contributed by atoms with Crippen molar-refractivity contribution in [1.29, 1.82) is 0 Å². The number of amides is 3. The van der Waals surface area contributed by atoms with Gasteiger partial charge in [0.1, 0.15) is 5.75 Å². The van der Waals surface area contributed by atoms with Gasteiger partial charge in [-0.2, -0.15) is 0 Å². The molecular weight excluding hydrogens is 260 g/mol. The number of hydrogen-bond acceptors (Lipinski definition) is 4. The minimum Gasteiger partial charge on any atom is -0.497 e. The van der Waals surface area contributed by atoms with Crippen LogP contribution in [-0.4, -0.2) is 31.9 Å². The Morgan fingerprint density at radius 2 is 2.00 bits per heavy atom. The number of carbonyl (C=O) groups is 3. The van der Waals surface area contributed by atoms with E-state index in [1.54, 1.807) is 25.2 Å². The Kier molecular flexibility index (Phi) is 2.57. The molecule has 1 aromatic carbocycles. The fourth-order valence-corrected chi connectivity index (χ4v) is 2.93. The van der Waals surface area contributed by atoms with Gasteiger partial charge in [-0.05, 0) is 23.8 Å². The SMILES string of the molecule is COc1ccc2c(c1)[C@]1(CC(=O)NC1=O)CC(=O)N2C. The lowest BCUT2D eigenvalue weighted by Crippen LogP contribution is -2.46. The molecule has 3 rings (SSSR count). The maximum absolute atomic E-state index is 12.2. The van der Waals surface area contributed by atoms with Gasteiger partial charge in [0.25, 0.3) is 0 Å². The number of anilines is 1. The number of methoxy groups -OCH3 is 1. The second kappa shape index (κ2) is 4.06. The first-order valence-corrected chi connectivity index (χ1v) is 6.27. The highest BCUT2D eigenvalue weighted by molar-refractivity contribution is 6.14. The van der Waals surface area contributed by atoms with Crippen LogP contribution < -0.4 is 15.0 Å². The van der Waals surface area contributed by atoms with Crippen molar-refractivity contribution in [3.63, 3.8) is 0 Å². The fraction of sp³-hybridized carbons (Fsp3) is 0.357. The zero-order valence-corrected chi connectivity index (χ0v) is 11.2. The van der Waals surface area contributed by atoms with Gasteiger partial charge >= 0.3 is 0 Å². The first kappa shape index (κ1) is 12.7. The highest BCUT2D eigenvalue weighted by atomic mass is 16.5. The molecule has 3 amide bonds. The molecule has 2 heterocycles. The normalized spacial score (nSPS) is 24.9. The van der Waals surface area contributed by atoms with Gasteiger partial charge in [-0.25, -0.2) is 0 Å². The van der Waals surface area contributed by atoms with Crippen molar-refractivity contribution in [2.24, 2.45) is 0 Å². The molecule has 2 aliphatic heterocycles. The maximum atomic E-state index is 12.2. The highest BCUT2D eigenvalue weighted by Gasteiger charge is 2.53. The number of nitrogens with zero attached hydrogens (tertiary/aromatic N) is 1. The summed E-state index contributed by atoms with van der Waals surface area (Å²) in [5.74, 6) is -0.329. The van der Waals surface area contributed by atoms with Crippen molar-refractivity contribution in [2.75, 3.05) is 19.1 Å². The highest BCUT2D eigenvalue weighted by Crippen LogP contribution is 2.46. The van der Waals surface area contributed by atoms with Gasteiger partial charge < -0.3 is 9.64 Å². The van der Waals surface area contributed by atoms with Crippen LogP contribution in [0.2, 0.25) is 0 Å². The first-order chi connectivity index (χ1) is 9.48. The maximum Gasteiger partial charge on any atom is 0.238 e. The standard InChI is InChI=1S/C14H14N2O4/c1-16-10-4-3-8(20-2)5-9(10)14(7-12(16)18)6-11(17)15-13(14)19/h3-5H,6-7H2,1-2H3,(H,15,17,19)/t14-/m0/s1. The van der Waals surface area contributed by atoms with E-state index >= 15 is 0 Å². The number of rotatable bonds is 1. The Labute approximate surface area is 115 Å². The molecule has 0 aromatic heterocycles. The number of fused-ring (bicyclic) bond motifs is 2. The van der Waals surface area contributed by atoms with Crippen LogP contribution in [0.5, 0.6) is 5.75 Å². The van der Waals surface area contributed by atoms with E-state index in [0.29, 0.717) is 17.0 Å². The molecule has 6 heteroatoms. The summed E-state index contributed by atoms with van der Waals surface area (Å²) in [4.78, 5) is 37.5. The average Bonchev–Trinajstić information content (AvgIpc) is 2.71. The molecule has 1 atom stereocenters. The Balaban J connectivity index is 2.24. The predicted molar refractivity (Wildman–Crippen MR) is 70.5 cm³/mol. The molecule has 104 valence electrons. The van der Waals surface area contributed by atoms with Crippen molar-refractivity contribution in [3.05, 3.63) is 23.8 Å². The number of benzene rings is 1. The van der Waals surface area contributed by atoms with Crippen molar-refractivity contribution in [2.45, 2.75) is 18.3 Å². The third kappa shape index (κ3) is 1.54. The average molecular weight is 274 g/mol. The number of carbonyl (C=O) groups excluding carboxylic acids is 3. The van der Waals surface area contributed by atoms with Crippen LogP contribution >= 0.6 is 0 Å². The molecule has 0 bridgehead atoms. The van der Waals surface area contributed by atoms with Crippen LogP contribution in [0.3, 0.4) is 0 Å². The van der Waals surface area contributed by atoms with Crippen LogP contribution in [0.1, 0.15) is 18.4 Å². The summed E-state index contributed by atoms with van der Waals surface area (Å²) in [7, 11) is 3.20. The van der Waals surface area contributed by atoms with Gasteiger partial charge in [-0.15, -0.1) is 0 Å². The van der Waals surface area contributed by atoms with E-state index in [9.17, 15) is 14.4 Å². The Morgan fingerprint density at radius 1 is 1.25 bits per heavy atom. The second-order valence-electron chi connectivity index (χ2n) is 5.15. The fourth-order valence-electron chi connectivity index (χ4n) is 2.93. The molecule has 1 fully saturated rings. The van der Waals surface area contributed by atoms with Gasteiger partial charge in [0.15, 0.2) is 0 Å². The number of ether oxygens (including phenoxy) is 1. The molecule has 1 aromatic rings. The molecule has 20 heavy (non-hydrogen) atoms. The lowest BCUT2D eigenvalue weighted by Gasteiger charge is -2.36. The molecule has 0 unspecified atom stereocenters. The van der Waals surface area contributed by atoms with Gasteiger partial charge in [0.2, 0.25) is 17.7 Å². The third-order valence-electron chi connectivity index (χ3n) is 4.06. The van der Waals surface area contributed by atoms with E-state index in [1.165, 1.54) is 12.0 Å². The van der Waals surface area contributed by atoms with E-state index in [-0.39, 0.29) is 24.7 Å². The zero-order chi connectivity index (χ0) is 14.5. The van der Waals surface area contributed by atoms with E-state index in [1.807, 2.05) is 0 Å². The topological polar surface area (TPSA) is 75.7 Å². The molecule has 1 N–H and O–H groups in total. The van der Waals surface area contributed by atoms with Crippen molar-refractivity contribution in [1.82, 2.24) is 5.32 Å². The second-order valence-corrected chi connectivity index (χ2v) is 5.15. The van der Waals surface area contributed by atoms with Crippen LogP contribution in [0.15, 0.2) is 18.2 Å². The monoisotopic (exact) mass is 274 g/mol. The molecule has 2 aliphatic rings. The van der Waals surface area contributed by atoms with Gasteiger partial charge in [-0.3, -0.25) is 19.7 Å². The summed E-state index contributed by atoms with van der Waals surface area (Å²) in [5, 5.41) is 2.30. The predicted octanol–water partition coefficient (Wildman–Crippen LogP) is 0.346. The van der Waals surface area contributed by atoms with Gasteiger partial charge in [0, 0.05) is 25.6 Å². The first-order valence-electron chi connectivity index (χ1n) is 6.27. The van der Waals surface area contributed by atoms with Crippen LogP contribution in [0.25, 0.3) is 0 Å². The van der Waals surface area contributed by atoms with Gasteiger partial charge in [0.05, 0.1) is 12.5 Å². The summed E-state index contributed by atoms with van der Waals surface area (Å²) in [6, 6.07) is 5.20. The minimum absolute atomic E-state index is 0.00123. The lowest BCUT2D eigenvalue weighted by atomic mass is 9.72. The Hall–Kier alpha value is -2.37. The van der Waals surface area contributed by atoms with E-state index in [4.69, 9.17) is 4.74 Å². The summed E-state index contributed by atoms with van der Waals surface area (Å²) in [5.41, 5.74) is 0.221. The van der Waals surface area contributed by atoms with Crippen molar-refractivity contribution >= 4 is 23.4 Å². The summed E-state index contributed by atoms with van der Waals surface area (Å²) in [6.07, 6.45) is 0.00677.